The van der Waals surface area contributed by atoms with E-state index in [0.717, 1.165) is 13.0 Å². The van der Waals surface area contributed by atoms with Crippen LogP contribution >= 0.6 is 0 Å². The number of aliphatic hydroxyl groups is 1. The summed E-state index contributed by atoms with van der Waals surface area (Å²) < 4.78 is 5.98. The summed E-state index contributed by atoms with van der Waals surface area (Å²) in [6.45, 7) is 12.3. The van der Waals surface area contributed by atoms with Crippen molar-refractivity contribution in [2.45, 2.75) is 45.7 Å². The van der Waals surface area contributed by atoms with Gasteiger partial charge in [0, 0.05) is 13.5 Å². The molecule has 0 aromatic heterocycles. The maximum atomic E-state index is 9.00. The molecular formula is C9H24O4Si2. The van der Waals surface area contributed by atoms with Crippen LogP contribution in [0.1, 0.15) is 6.92 Å². The molecule has 15 heavy (non-hydrogen) atoms. The first-order valence-electron chi connectivity index (χ1n) is 5.01. The quantitative estimate of drug-likeness (QED) is 0.752. The van der Waals surface area contributed by atoms with Crippen LogP contribution in [0.3, 0.4) is 0 Å². The predicted molar refractivity (Wildman–Crippen MR) is 67.1 cm³/mol. The van der Waals surface area contributed by atoms with Crippen LogP contribution in [-0.4, -0.2) is 39.4 Å². The Labute approximate surface area is 94.5 Å². The van der Waals surface area contributed by atoms with Gasteiger partial charge in [0.05, 0.1) is 0 Å². The SMILES string of the molecule is CC(=O)O.C[Si](C)(C)O[Si](C)(C)CCO. The molecule has 4 nitrogen and oxygen atoms in total. The van der Waals surface area contributed by atoms with Crippen LogP contribution in [0.15, 0.2) is 0 Å². The van der Waals surface area contributed by atoms with Crippen LogP contribution in [0.2, 0.25) is 38.8 Å². The molecule has 0 unspecified atom stereocenters. The summed E-state index contributed by atoms with van der Waals surface area (Å²) in [6, 6.07) is 0.858. The monoisotopic (exact) mass is 252 g/mol. The van der Waals surface area contributed by atoms with E-state index < -0.39 is 22.6 Å². The normalized spacial score (nSPS) is 11.7. The lowest BCUT2D eigenvalue weighted by Crippen LogP contribution is -2.42. The minimum absolute atomic E-state index is 0.268. The van der Waals surface area contributed by atoms with Crippen molar-refractivity contribution in [1.82, 2.24) is 0 Å². The standard InChI is InChI=1S/C7H20O2Si2.C2H4O2/c1-10(2,3)9-11(4,5)7-6-8;1-2(3)4/h8H,6-7H2,1-5H3;1H3,(H,3,4). The molecule has 0 aliphatic carbocycles. The van der Waals surface area contributed by atoms with Gasteiger partial charge in [-0.05, 0) is 38.8 Å². The largest absolute Gasteiger partial charge is 0.481 e. The maximum absolute atomic E-state index is 9.00. The topological polar surface area (TPSA) is 66.8 Å². The first-order chi connectivity index (χ1) is 6.50. The van der Waals surface area contributed by atoms with E-state index >= 15 is 0 Å². The van der Waals surface area contributed by atoms with Crippen molar-refractivity contribution < 1.29 is 19.1 Å². The average Bonchev–Trinajstić information content (AvgIpc) is 1.77. The van der Waals surface area contributed by atoms with Gasteiger partial charge in [0.1, 0.15) is 0 Å². The summed E-state index contributed by atoms with van der Waals surface area (Å²) in [5.41, 5.74) is 0. The summed E-state index contributed by atoms with van der Waals surface area (Å²) in [5, 5.41) is 16.2. The van der Waals surface area contributed by atoms with Crippen molar-refractivity contribution in [3.05, 3.63) is 0 Å². The second-order valence-electron chi connectivity index (χ2n) is 4.97. The zero-order chi connectivity index (χ0) is 12.7. The van der Waals surface area contributed by atoms with Gasteiger partial charge in [-0.25, -0.2) is 0 Å². The van der Waals surface area contributed by atoms with Gasteiger partial charge in [-0.15, -0.1) is 0 Å². The van der Waals surface area contributed by atoms with Gasteiger partial charge in [0.2, 0.25) is 0 Å². The molecule has 0 rings (SSSR count). The van der Waals surface area contributed by atoms with E-state index in [1.807, 2.05) is 0 Å². The second kappa shape index (κ2) is 7.16. The van der Waals surface area contributed by atoms with Gasteiger partial charge < -0.3 is 14.3 Å². The summed E-state index contributed by atoms with van der Waals surface area (Å²) in [7, 11) is -2.91. The molecule has 0 saturated heterocycles. The lowest BCUT2D eigenvalue weighted by atomic mass is 10.9. The molecule has 0 radical (unpaired) electrons. The zero-order valence-electron chi connectivity index (χ0n) is 10.6. The number of aliphatic carboxylic acids is 1. The Bertz CT molecular complexity index is 183. The molecule has 92 valence electrons. The highest BCUT2D eigenvalue weighted by molar-refractivity contribution is 6.84. The fourth-order valence-corrected chi connectivity index (χ4v) is 8.73. The van der Waals surface area contributed by atoms with Crippen LogP contribution in [-0.2, 0) is 8.91 Å². The third-order valence-electron chi connectivity index (χ3n) is 1.30. The van der Waals surface area contributed by atoms with Crippen molar-refractivity contribution in [3.63, 3.8) is 0 Å². The minimum atomic E-state index is -1.53. The van der Waals surface area contributed by atoms with E-state index in [1.165, 1.54) is 0 Å². The summed E-state index contributed by atoms with van der Waals surface area (Å²) in [6.07, 6.45) is 0. The third-order valence-corrected chi connectivity index (χ3v) is 7.38. The van der Waals surface area contributed by atoms with Crippen molar-refractivity contribution in [3.8, 4) is 0 Å². The maximum Gasteiger partial charge on any atom is 0.300 e. The Balaban J connectivity index is 0. The second-order valence-corrected chi connectivity index (χ2v) is 14.0. The van der Waals surface area contributed by atoms with Gasteiger partial charge in [0.15, 0.2) is 16.6 Å². The van der Waals surface area contributed by atoms with E-state index in [1.54, 1.807) is 0 Å². The van der Waals surface area contributed by atoms with Crippen LogP contribution in [0.4, 0.5) is 0 Å². The highest BCUT2D eigenvalue weighted by Gasteiger charge is 2.28. The fourth-order valence-electron chi connectivity index (χ4n) is 1.15. The Kier molecular flexibility index (Phi) is 8.22. The first-order valence-corrected chi connectivity index (χ1v) is 11.5. The van der Waals surface area contributed by atoms with E-state index in [4.69, 9.17) is 19.1 Å². The number of carboxylic acids is 1. The van der Waals surface area contributed by atoms with Crippen LogP contribution < -0.4 is 0 Å². The van der Waals surface area contributed by atoms with Gasteiger partial charge in [0.25, 0.3) is 5.97 Å². The molecule has 0 aromatic carbocycles. The molecule has 2 N–H and O–H groups in total. The molecule has 0 aromatic rings. The van der Waals surface area contributed by atoms with Crippen LogP contribution in [0, 0.1) is 0 Å². The number of aliphatic hydroxyl groups excluding tert-OH is 1. The van der Waals surface area contributed by atoms with E-state index in [0.29, 0.717) is 0 Å². The van der Waals surface area contributed by atoms with Gasteiger partial charge in [-0.2, -0.15) is 0 Å². The summed E-state index contributed by atoms with van der Waals surface area (Å²) >= 11 is 0. The lowest BCUT2D eigenvalue weighted by molar-refractivity contribution is -0.134. The molecule has 0 saturated carbocycles. The highest BCUT2D eigenvalue weighted by atomic mass is 28.4. The molecule has 0 fully saturated rings. The molecule has 0 atom stereocenters. The molecule has 0 spiro atoms. The van der Waals surface area contributed by atoms with Gasteiger partial charge in [-0.3, -0.25) is 4.79 Å². The zero-order valence-corrected chi connectivity index (χ0v) is 12.6. The molecule has 0 aliphatic rings. The molecule has 0 aliphatic heterocycles. The Morgan fingerprint density at radius 3 is 1.73 bits per heavy atom. The predicted octanol–water partition coefficient (Wildman–Crippen LogP) is 2.13. The smallest absolute Gasteiger partial charge is 0.300 e. The summed E-state index contributed by atoms with van der Waals surface area (Å²) in [5.74, 6) is -0.833. The van der Waals surface area contributed by atoms with Crippen molar-refractivity contribution >= 4 is 22.6 Å². The number of hydrogen-bond acceptors (Lipinski definition) is 3. The van der Waals surface area contributed by atoms with E-state index in [9.17, 15) is 0 Å². The molecule has 6 heteroatoms. The van der Waals surface area contributed by atoms with Crippen molar-refractivity contribution in [1.29, 1.82) is 0 Å². The van der Waals surface area contributed by atoms with Crippen molar-refractivity contribution in [2.75, 3.05) is 6.61 Å². The van der Waals surface area contributed by atoms with Crippen LogP contribution in [0.25, 0.3) is 0 Å². The number of carboxylic acid groups (broad SMARTS) is 1. The lowest BCUT2D eigenvalue weighted by Gasteiger charge is -2.30. The Morgan fingerprint density at radius 1 is 1.20 bits per heavy atom. The Morgan fingerprint density at radius 2 is 1.53 bits per heavy atom. The Hall–Kier alpha value is -0.176. The number of carbonyl (C=O) groups is 1. The van der Waals surface area contributed by atoms with E-state index in [-0.39, 0.29) is 6.61 Å². The van der Waals surface area contributed by atoms with Gasteiger partial charge in [-0.1, -0.05) is 0 Å². The highest BCUT2D eigenvalue weighted by Crippen LogP contribution is 2.17. The fraction of sp³-hybridized carbons (Fsp3) is 0.889. The van der Waals surface area contributed by atoms with Crippen molar-refractivity contribution in [2.24, 2.45) is 0 Å². The molecule has 0 heterocycles. The molecular weight excluding hydrogens is 228 g/mol. The third kappa shape index (κ3) is 20.0. The molecule has 0 amide bonds. The number of hydrogen-bond donors (Lipinski definition) is 2. The van der Waals surface area contributed by atoms with E-state index in [2.05, 4.69) is 32.7 Å². The average molecular weight is 252 g/mol. The number of rotatable bonds is 4. The minimum Gasteiger partial charge on any atom is -0.481 e. The van der Waals surface area contributed by atoms with Gasteiger partial charge >= 0.3 is 0 Å². The molecule has 0 bridgehead atoms. The first kappa shape index (κ1) is 17.2. The summed E-state index contributed by atoms with van der Waals surface area (Å²) in [4.78, 5) is 9.00. The van der Waals surface area contributed by atoms with Crippen LogP contribution in [0.5, 0.6) is 0 Å².